The van der Waals surface area contributed by atoms with Gasteiger partial charge in [-0.2, -0.15) is 0 Å². The second-order valence-corrected chi connectivity index (χ2v) is 5.21. The van der Waals surface area contributed by atoms with Gasteiger partial charge in [-0.1, -0.05) is 23.2 Å². The molecular formula is C12H12Cl2N2O2S. The molecule has 1 aromatic rings. The van der Waals surface area contributed by atoms with Crippen molar-refractivity contribution in [3.63, 3.8) is 0 Å². The Hall–Kier alpha value is -0.880. The number of rotatable bonds is 1. The second-order valence-electron chi connectivity index (χ2n) is 3.98. The van der Waals surface area contributed by atoms with Crippen molar-refractivity contribution < 1.29 is 9.53 Å². The van der Waals surface area contributed by atoms with Crippen LogP contribution in [0.5, 0.6) is 0 Å². The number of halogens is 2. The molecule has 19 heavy (non-hydrogen) atoms. The van der Waals surface area contributed by atoms with Crippen LogP contribution in [-0.4, -0.2) is 42.2 Å². The van der Waals surface area contributed by atoms with Gasteiger partial charge in [-0.25, -0.2) is 0 Å². The van der Waals surface area contributed by atoms with Crippen molar-refractivity contribution in [3.05, 3.63) is 33.8 Å². The molecule has 0 atom stereocenters. The summed E-state index contributed by atoms with van der Waals surface area (Å²) in [6.07, 6.45) is 0. The average molecular weight is 319 g/mol. The van der Waals surface area contributed by atoms with Crippen molar-refractivity contribution in [1.82, 2.24) is 10.2 Å². The van der Waals surface area contributed by atoms with E-state index in [4.69, 9.17) is 40.2 Å². The third-order valence-corrected chi connectivity index (χ3v) is 3.60. The highest BCUT2D eigenvalue weighted by atomic mass is 35.5. The highest BCUT2D eigenvalue weighted by Crippen LogP contribution is 2.20. The van der Waals surface area contributed by atoms with Gasteiger partial charge >= 0.3 is 0 Å². The van der Waals surface area contributed by atoms with E-state index < -0.39 is 0 Å². The summed E-state index contributed by atoms with van der Waals surface area (Å²) in [6, 6.07) is 4.71. The van der Waals surface area contributed by atoms with Gasteiger partial charge in [-0.15, -0.1) is 0 Å². The first-order chi connectivity index (χ1) is 9.08. The minimum atomic E-state index is -0.335. The first-order valence-corrected chi connectivity index (χ1v) is 6.87. The second kappa shape index (κ2) is 6.52. The summed E-state index contributed by atoms with van der Waals surface area (Å²) in [5, 5.41) is 3.83. The lowest BCUT2D eigenvalue weighted by molar-refractivity contribution is 0.0669. The highest BCUT2D eigenvalue weighted by Gasteiger charge is 2.17. The minimum Gasteiger partial charge on any atom is -0.378 e. The molecule has 0 saturated carbocycles. The van der Waals surface area contributed by atoms with Crippen LogP contribution in [0.3, 0.4) is 0 Å². The van der Waals surface area contributed by atoms with E-state index in [0.29, 0.717) is 47.0 Å². The zero-order valence-electron chi connectivity index (χ0n) is 9.99. The molecule has 0 bridgehead atoms. The predicted molar refractivity (Wildman–Crippen MR) is 78.9 cm³/mol. The Balaban J connectivity index is 2.02. The van der Waals surface area contributed by atoms with Crippen molar-refractivity contribution in [2.24, 2.45) is 0 Å². The summed E-state index contributed by atoms with van der Waals surface area (Å²) in [6.45, 7) is 2.57. The van der Waals surface area contributed by atoms with E-state index in [2.05, 4.69) is 5.32 Å². The topological polar surface area (TPSA) is 41.6 Å². The van der Waals surface area contributed by atoms with Crippen molar-refractivity contribution in [1.29, 1.82) is 0 Å². The van der Waals surface area contributed by atoms with Crippen molar-refractivity contribution >= 4 is 46.4 Å². The number of ether oxygens (including phenoxy) is 1. The molecule has 0 aromatic heterocycles. The summed E-state index contributed by atoms with van der Waals surface area (Å²) in [5.41, 5.74) is 0.349. The van der Waals surface area contributed by atoms with Gasteiger partial charge in [-0.3, -0.25) is 10.1 Å². The fourth-order valence-electron chi connectivity index (χ4n) is 1.68. The van der Waals surface area contributed by atoms with Gasteiger partial charge in [0.15, 0.2) is 5.11 Å². The number of nitrogens with one attached hydrogen (secondary N) is 1. The van der Waals surface area contributed by atoms with Crippen molar-refractivity contribution in [3.8, 4) is 0 Å². The van der Waals surface area contributed by atoms with E-state index in [0.717, 1.165) is 0 Å². The van der Waals surface area contributed by atoms with Gasteiger partial charge in [0.25, 0.3) is 5.91 Å². The van der Waals surface area contributed by atoms with Gasteiger partial charge in [0.2, 0.25) is 0 Å². The Morgan fingerprint density at radius 2 is 2.00 bits per heavy atom. The van der Waals surface area contributed by atoms with E-state index >= 15 is 0 Å². The number of morpholine rings is 1. The molecule has 0 radical (unpaired) electrons. The molecule has 7 heteroatoms. The predicted octanol–water partition coefficient (Wildman–Crippen LogP) is 2.34. The summed E-state index contributed by atoms with van der Waals surface area (Å²) >= 11 is 16.9. The summed E-state index contributed by atoms with van der Waals surface area (Å²) in [7, 11) is 0. The molecule has 1 saturated heterocycles. The van der Waals surface area contributed by atoms with E-state index in [1.807, 2.05) is 4.90 Å². The zero-order valence-corrected chi connectivity index (χ0v) is 12.3. The molecule has 1 heterocycles. The SMILES string of the molecule is O=C(NC(=S)N1CCOCC1)c1ccc(Cl)cc1Cl. The number of carbonyl (C=O) groups is 1. The smallest absolute Gasteiger partial charge is 0.258 e. The molecular weight excluding hydrogens is 307 g/mol. The molecule has 0 spiro atoms. The molecule has 1 fully saturated rings. The highest BCUT2D eigenvalue weighted by molar-refractivity contribution is 7.80. The quantitative estimate of drug-likeness (QED) is 0.807. The van der Waals surface area contributed by atoms with Gasteiger partial charge in [0, 0.05) is 18.1 Å². The van der Waals surface area contributed by atoms with Gasteiger partial charge in [0.05, 0.1) is 23.8 Å². The van der Waals surface area contributed by atoms with Crippen molar-refractivity contribution in [2.45, 2.75) is 0 Å². The summed E-state index contributed by atoms with van der Waals surface area (Å²) in [5.74, 6) is -0.335. The lowest BCUT2D eigenvalue weighted by Gasteiger charge is -2.28. The lowest BCUT2D eigenvalue weighted by atomic mass is 10.2. The fraction of sp³-hybridized carbons (Fsp3) is 0.333. The molecule has 2 rings (SSSR count). The Morgan fingerprint density at radius 1 is 1.32 bits per heavy atom. The van der Waals surface area contributed by atoms with Crippen LogP contribution in [0.2, 0.25) is 10.0 Å². The van der Waals surface area contributed by atoms with E-state index in [9.17, 15) is 4.79 Å². The van der Waals surface area contributed by atoms with Crippen LogP contribution in [0.15, 0.2) is 18.2 Å². The minimum absolute atomic E-state index is 0.301. The Morgan fingerprint density at radius 3 is 2.63 bits per heavy atom. The first-order valence-electron chi connectivity index (χ1n) is 5.71. The third-order valence-electron chi connectivity index (χ3n) is 2.69. The molecule has 1 N–H and O–H groups in total. The third kappa shape index (κ3) is 3.79. The average Bonchev–Trinajstić information content (AvgIpc) is 2.39. The van der Waals surface area contributed by atoms with E-state index in [1.54, 1.807) is 12.1 Å². The number of thiocarbonyl (C=S) groups is 1. The van der Waals surface area contributed by atoms with E-state index in [-0.39, 0.29) is 5.91 Å². The maximum Gasteiger partial charge on any atom is 0.258 e. The van der Waals surface area contributed by atoms with E-state index in [1.165, 1.54) is 6.07 Å². The van der Waals surface area contributed by atoms with Crippen LogP contribution in [-0.2, 0) is 4.74 Å². The Bertz CT molecular complexity index is 505. The maximum absolute atomic E-state index is 12.0. The van der Waals surface area contributed by atoms with Crippen LogP contribution in [0, 0.1) is 0 Å². The Labute approximate surface area is 126 Å². The number of hydrogen-bond acceptors (Lipinski definition) is 3. The molecule has 1 aliphatic rings. The van der Waals surface area contributed by atoms with Gasteiger partial charge in [0.1, 0.15) is 0 Å². The molecule has 1 aromatic carbocycles. The molecule has 102 valence electrons. The number of nitrogens with zero attached hydrogens (tertiary/aromatic N) is 1. The molecule has 1 aliphatic heterocycles. The lowest BCUT2D eigenvalue weighted by Crippen LogP contribution is -2.47. The zero-order chi connectivity index (χ0) is 13.8. The number of amides is 1. The fourth-order valence-corrected chi connectivity index (χ4v) is 2.45. The van der Waals surface area contributed by atoms with Gasteiger partial charge < -0.3 is 9.64 Å². The van der Waals surface area contributed by atoms with Crippen molar-refractivity contribution in [2.75, 3.05) is 26.3 Å². The molecule has 1 amide bonds. The summed E-state index contributed by atoms with van der Waals surface area (Å²) < 4.78 is 5.22. The molecule has 0 unspecified atom stereocenters. The standard InChI is InChI=1S/C12H12Cl2N2O2S/c13-8-1-2-9(10(14)7-8)11(17)15-12(19)16-3-5-18-6-4-16/h1-2,7H,3-6H2,(H,15,17,19). The van der Waals surface area contributed by atoms with Gasteiger partial charge in [-0.05, 0) is 30.4 Å². The van der Waals surface area contributed by atoms with Crippen LogP contribution < -0.4 is 5.32 Å². The van der Waals surface area contributed by atoms with Crippen LogP contribution in [0.25, 0.3) is 0 Å². The summed E-state index contributed by atoms with van der Waals surface area (Å²) in [4.78, 5) is 13.9. The first kappa shape index (κ1) is 14.5. The molecule has 0 aliphatic carbocycles. The maximum atomic E-state index is 12.0. The van der Waals surface area contributed by atoms with Crippen LogP contribution in [0.4, 0.5) is 0 Å². The largest absolute Gasteiger partial charge is 0.378 e. The monoisotopic (exact) mass is 318 g/mol. The molecule has 4 nitrogen and oxygen atoms in total. The van der Waals surface area contributed by atoms with Crippen LogP contribution >= 0.6 is 35.4 Å². The number of benzene rings is 1. The number of hydrogen-bond donors (Lipinski definition) is 1. The Kier molecular flexibility index (Phi) is 4.99. The normalized spacial score (nSPS) is 15.2. The van der Waals surface area contributed by atoms with Crippen LogP contribution in [0.1, 0.15) is 10.4 Å². The number of carbonyl (C=O) groups excluding carboxylic acids is 1.